The maximum atomic E-state index is 12.8. The fourth-order valence-electron chi connectivity index (χ4n) is 9.00. The van der Waals surface area contributed by atoms with Crippen LogP contribution in [0.25, 0.3) is 10.4 Å². The van der Waals surface area contributed by atoms with Crippen molar-refractivity contribution in [2.75, 3.05) is 13.2 Å². The van der Waals surface area contributed by atoms with E-state index in [0.29, 0.717) is 54.9 Å². The summed E-state index contributed by atoms with van der Waals surface area (Å²) in [5.74, 6) is 4.45. The quantitative estimate of drug-likeness (QED) is 0.109. The summed E-state index contributed by atoms with van der Waals surface area (Å²) in [7, 11) is -1.91. The number of nitrogens with zero attached hydrogens (tertiary/aromatic N) is 3. The van der Waals surface area contributed by atoms with Crippen molar-refractivity contribution < 1.29 is 9.22 Å². The third-order valence-electron chi connectivity index (χ3n) is 12.6. The van der Waals surface area contributed by atoms with E-state index in [1.54, 1.807) is 0 Å². The molecule has 3 aliphatic carbocycles. The number of fused-ring (bicyclic) bond motifs is 1. The van der Waals surface area contributed by atoms with Crippen LogP contribution in [-0.4, -0.2) is 27.3 Å². The summed E-state index contributed by atoms with van der Waals surface area (Å²) in [6.45, 7) is 25.1. The van der Waals surface area contributed by atoms with Gasteiger partial charge in [-0.25, -0.2) is 0 Å². The molecule has 0 aliphatic heterocycles. The molecular weight excluding hydrogens is 498 g/mol. The summed E-state index contributed by atoms with van der Waals surface area (Å²) in [6, 6.07) is 0. The molecule has 3 rings (SSSR count). The second kappa shape index (κ2) is 12.6. The Kier molecular flexibility index (Phi) is 10.5. The molecule has 0 spiro atoms. The van der Waals surface area contributed by atoms with Gasteiger partial charge in [-0.15, -0.1) is 0 Å². The maximum Gasteiger partial charge on any atom is 0.191 e. The Morgan fingerprint density at radius 2 is 1.72 bits per heavy atom. The minimum Gasteiger partial charge on any atom is -0.417 e. The number of ketones is 1. The third kappa shape index (κ3) is 6.97. The highest BCUT2D eigenvalue weighted by Crippen LogP contribution is 2.65. The Bertz CT molecular complexity index is 892. The highest BCUT2D eigenvalue weighted by Gasteiger charge is 2.59. The van der Waals surface area contributed by atoms with Gasteiger partial charge in [-0.1, -0.05) is 79.8 Å². The number of rotatable bonds is 11. The van der Waals surface area contributed by atoms with Crippen LogP contribution in [0.3, 0.4) is 0 Å². The first-order chi connectivity index (χ1) is 18.1. The van der Waals surface area contributed by atoms with Gasteiger partial charge in [0, 0.05) is 30.9 Å². The molecule has 8 atom stereocenters. The van der Waals surface area contributed by atoms with Crippen LogP contribution in [0.2, 0.25) is 18.1 Å². The van der Waals surface area contributed by atoms with Crippen molar-refractivity contribution in [1.29, 1.82) is 0 Å². The average Bonchev–Trinajstić information content (AvgIpc) is 3.19. The van der Waals surface area contributed by atoms with E-state index in [9.17, 15) is 10.3 Å². The van der Waals surface area contributed by atoms with Crippen LogP contribution in [-0.2, 0) is 9.22 Å². The van der Waals surface area contributed by atoms with Gasteiger partial charge in [-0.3, -0.25) is 4.79 Å². The van der Waals surface area contributed by atoms with E-state index in [4.69, 9.17) is 4.43 Å². The lowest BCUT2D eigenvalue weighted by atomic mass is 9.48. The first-order valence-corrected chi connectivity index (χ1v) is 19.1. The summed E-state index contributed by atoms with van der Waals surface area (Å²) in [4.78, 5) is 16.0. The second-order valence-corrected chi connectivity index (χ2v) is 21.1. The topological polar surface area (TPSA) is 75.1 Å². The molecule has 224 valence electrons. The highest BCUT2D eigenvalue weighted by molar-refractivity contribution is 6.74. The first-order valence-electron chi connectivity index (χ1n) is 16.2. The molecule has 0 aromatic carbocycles. The SMILES string of the molecule is CC(C)CCCC(C)[C@H]1CC[C@H]2[C@H](CN=[N+]=[N-])[C@@H]([C@@]3(C)CCC(=O)C[C@@H]3CO[Si](C)(C)C(C)(C)C)CC[C@]12C. The molecule has 3 saturated carbocycles. The Morgan fingerprint density at radius 1 is 1.05 bits per heavy atom. The van der Waals surface area contributed by atoms with Crippen LogP contribution in [0.15, 0.2) is 5.11 Å². The molecule has 1 unspecified atom stereocenters. The number of hydrogen-bond donors (Lipinski definition) is 0. The molecule has 0 bridgehead atoms. The monoisotopic (exact) mass is 559 g/mol. The Labute approximate surface area is 241 Å². The van der Waals surface area contributed by atoms with Gasteiger partial charge in [0.1, 0.15) is 5.78 Å². The van der Waals surface area contributed by atoms with E-state index in [2.05, 4.69) is 78.5 Å². The average molecular weight is 560 g/mol. The molecule has 0 saturated heterocycles. The predicted octanol–water partition coefficient (Wildman–Crippen LogP) is 10.2. The van der Waals surface area contributed by atoms with E-state index in [1.807, 2.05) is 0 Å². The molecule has 0 radical (unpaired) electrons. The zero-order valence-electron chi connectivity index (χ0n) is 27.2. The van der Waals surface area contributed by atoms with Crippen molar-refractivity contribution >= 4 is 14.1 Å². The fourth-order valence-corrected chi connectivity index (χ4v) is 10.1. The summed E-state index contributed by atoms with van der Waals surface area (Å²) >= 11 is 0. The summed E-state index contributed by atoms with van der Waals surface area (Å²) < 4.78 is 6.80. The largest absolute Gasteiger partial charge is 0.417 e. The van der Waals surface area contributed by atoms with Gasteiger partial charge in [-0.05, 0) is 108 Å². The van der Waals surface area contributed by atoms with E-state index < -0.39 is 8.32 Å². The van der Waals surface area contributed by atoms with Gasteiger partial charge in [-0.2, -0.15) is 0 Å². The molecule has 39 heavy (non-hydrogen) atoms. The molecule has 0 N–H and O–H groups in total. The molecule has 0 aromatic rings. The van der Waals surface area contributed by atoms with Gasteiger partial charge in [0.05, 0.1) is 0 Å². The van der Waals surface area contributed by atoms with Crippen molar-refractivity contribution in [3.8, 4) is 0 Å². The Morgan fingerprint density at radius 3 is 2.33 bits per heavy atom. The van der Waals surface area contributed by atoms with Crippen molar-refractivity contribution in [2.24, 2.45) is 57.4 Å². The van der Waals surface area contributed by atoms with Gasteiger partial charge in [0.15, 0.2) is 8.32 Å². The fraction of sp³-hybridized carbons (Fsp3) is 0.970. The lowest BCUT2D eigenvalue weighted by molar-refractivity contribution is -0.133. The Hall–Kier alpha value is -0.843. The maximum absolute atomic E-state index is 12.8. The summed E-state index contributed by atoms with van der Waals surface area (Å²) in [5, 5.41) is 4.41. The number of carbonyl (C=O) groups is 1. The molecule has 0 amide bonds. The highest BCUT2D eigenvalue weighted by atomic mass is 28.4. The van der Waals surface area contributed by atoms with E-state index in [0.717, 1.165) is 24.2 Å². The van der Waals surface area contributed by atoms with Gasteiger partial charge in [0.2, 0.25) is 0 Å². The van der Waals surface area contributed by atoms with Crippen molar-refractivity contribution in [3.63, 3.8) is 0 Å². The smallest absolute Gasteiger partial charge is 0.191 e. The minimum atomic E-state index is -1.91. The zero-order chi connectivity index (χ0) is 29.2. The van der Waals surface area contributed by atoms with Gasteiger partial charge in [0.25, 0.3) is 0 Å². The van der Waals surface area contributed by atoms with E-state index in [-0.39, 0.29) is 16.4 Å². The van der Waals surface area contributed by atoms with Crippen LogP contribution < -0.4 is 0 Å². The standard InChI is InChI=1S/C33H61N3O2Si/c1-23(2)12-11-13-24(3)28-14-15-29-27(21-35-36-34)30(17-19-33(28,29)8)32(7)18-16-26(37)20-25(32)22-38-39(9,10)31(4,5)6/h23-25,27-30H,11-22H2,1-10H3/t24?,25-,27+,28-,29+,30+,32+,33-/m1/s1. The number of azide groups is 1. The van der Waals surface area contributed by atoms with E-state index >= 15 is 0 Å². The summed E-state index contributed by atoms with van der Waals surface area (Å²) in [5.41, 5.74) is 9.76. The van der Waals surface area contributed by atoms with Crippen LogP contribution >= 0.6 is 0 Å². The van der Waals surface area contributed by atoms with Gasteiger partial charge < -0.3 is 4.43 Å². The summed E-state index contributed by atoms with van der Waals surface area (Å²) in [6.07, 6.45) is 11.3. The lowest BCUT2D eigenvalue weighted by Gasteiger charge is -2.57. The molecule has 0 aromatic heterocycles. The first kappa shape index (κ1) is 32.7. The molecule has 3 fully saturated rings. The minimum absolute atomic E-state index is 0.0498. The van der Waals surface area contributed by atoms with Crippen molar-refractivity contribution in [3.05, 3.63) is 10.4 Å². The van der Waals surface area contributed by atoms with Crippen molar-refractivity contribution in [1.82, 2.24) is 0 Å². The number of Topliss-reactive ketones (excluding diaryl/α,β-unsaturated/α-hetero) is 1. The third-order valence-corrected chi connectivity index (χ3v) is 17.1. The van der Waals surface area contributed by atoms with Crippen molar-refractivity contribution in [2.45, 2.75) is 138 Å². The second-order valence-electron chi connectivity index (χ2n) is 16.3. The zero-order valence-corrected chi connectivity index (χ0v) is 28.2. The molecule has 5 nitrogen and oxygen atoms in total. The van der Waals surface area contributed by atoms with Crippen LogP contribution in [0, 0.1) is 52.3 Å². The lowest BCUT2D eigenvalue weighted by Crippen LogP contribution is -2.53. The molecule has 3 aliphatic rings. The molecular formula is C33H61N3O2Si. The number of hydrogen-bond acceptors (Lipinski definition) is 3. The predicted molar refractivity (Wildman–Crippen MR) is 166 cm³/mol. The van der Waals surface area contributed by atoms with Crippen LogP contribution in [0.4, 0.5) is 0 Å². The molecule has 6 heteroatoms. The van der Waals surface area contributed by atoms with Gasteiger partial charge >= 0.3 is 0 Å². The Balaban J connectivity index is 1.86. The normalized spacial score (nSPS) is 36.5. The van der Waals surface area contributed by atoms with Crippen LogP contribution in [0.1, 0.15) is 120 Å². The van der Waals surface area contributed by atoms with Crippen LogP contribution in [0.5, 0.6) is 0 Å². The molecule has 0 heterocycles. The van der Waals surface area contributed by atoms with E-state index in [1.165, 1.54) is 44.9 Å². The number of carbonyl (C=O) groups excluding carboxylic acids is 1.